The first-order valence-corrected chi connectivity index (χ1v) is 10.7. The van der Waals surface area contributed by atoms with E-state index in [0.29, 0.717) is 25.0 Å². The number of aromatic amines is 2. The van der Waals surface area contributed by atoms with Crippen LogP contribution in [0.25, 0.3) is 21.9 Å². The standard InChI is InChI=1S/C18H20N6O2S/c1-27(25,26)7-3-6-19-17-9-13(22-18-15(17)11-21-24-18)8-12-4-2-5-16-14(12)10-20-23-16/h2,4-5,9-11H,3,6-8H2,1H3,(H,20,23)(H2,19,21,22,24). The number of sulfone groups is 1. The maximum absolute atomic E-state index is 11.3. The zero-order valence-electron chi connectivity index (χ0n) is 14.9. The summed E-state index contributed by atoms with van der Waals surface area (Å²) in [6.07, 6.45) is 6.00. The fourth-order valence-electron chi connectivity index (χ4n) is 3.15. The molecule has 0 aliphatic heterocycles. The maximum Gasteiger partial charge on any atom is 0.157 e. The van der Waals surface area contributed by atoms with Gasteiger partial charge >= 0.3 is 0 Å². The first-order chi connectivity index (χ1) is 13.0. The molecule has 0 atom stereocenters. The lowest BCUT2D eigenvalue weighted by atomic mass is 10.0. The summed E-state index contributed by atoms with van der Waals surface area (Å²) in [6.45, 7) is 0.564. The molecule has 4 rings (SSSR count). The van der Waals surface area contributed by atoms with E-state index in [-0.39, 0.29) is 5.75 Å². The number of anilines is 1. The highest BCUT2D eigenvalue weighted by Gasteiger charge is 2.11. The Morgan fingerprint density at radius 3 is 2.78 bits per heavy atom. The number of aromatic nitrogens is 5. The molecule has 0 saturated carbocycles. The molecule has 1 aromatic carbocycles. The molecule has 0 radical (unpaired) electrons. The van der Waals surface area contributed by atoms with Crippen molar-refractivity contribution in [3.63, 3.8) is 0 Å². The fraction of sp³-hybridized carbons (Fsp3) is 0.278. The molecule has 3 heterocycles. The molecule has 0 spiro atoms. The van der Waals surface area contributed by atoms with Gasteiger partial charge in [0.1, 0.15) is 9.84 Å². The van der Waals surface area contributed by atoms with Crippen LogP contribution in [0.1, 0.15) is 17.7 Å². The number of pyridine rings is 1. The van der Waals surface area contributed by atoms with Crippen LogP contribution in [0.3, 0.4) is 0 Å². The van der Waals surface area contributed by atoms with Crippen molar-refractivity contribution < 1.29 is 8.42 Å². The quantitative estimate of drug-likeness (QED) is 0.421. The van der Waals surface area contributed by atoms with Crippen LogP contribution in [0.2, 0.25) is 0 Å². The number of hydrogen-bond donors (Lipinski definition) is 3. The lowest BCUT2D eigenvalue weighted by molar-refractivity contribution is 0.600. The largest absolute Gasteiger partial charge is 0.384 e. The Morgan fingerprint density at radius 2 is 1.93 bits per heavy atom. The van der Waals surface area contributed by atoms with E-state index in [4.69, 9.17) is 0 Å². The fourth-order valence-corrected chi connectivity index (χ4v) is 3.82. The summed E-state index contributed by atoms with van der Waals surface area (Å²) in [7, 11) is -2.95. The van der Waals surface area contributed by atoms with Gasteiger partial charge < -0.3 is 5.32 Å². The Kier molecular flexibility index (Phi) is 4.53. The molecule has 3 aromatic heterocycles. The minimum absolute atomic E-state index is 0.162. The Morgan fingerprint density at radius 1 is 1.11 bits per heavy atom. The van der Waals surface area contributed by atoms with Crippen molar-refractivity contribution in [2.75, 3.05) is 23.9 Å². The Hall–Kier alpha value is -2.94. The van der Waals surface area contributed by atoms with E-state index in [2.05, 4.69) is 36.8 Å². The van der Waals surface area contributed by atoms with Crippen LogP contribution in [0.15, 0.2) is 36.7 Å². The summed E-state index contributed by atoms with van der Waals surface area (Å²) in [5.41, 5.74) is 4.63. The third kappa shape index (κ3) is 3.92. The van der Waals surface area contributed by atoms with Gasteiger partial charge in [0.15, 0.2) is 5.65 Å². The normalized spacial score (nSPS) is 12.0. The van der Waals surface area contributed by atoms with Crippen LogP contribution in [-0.2, 0) is 16.3 Å². The van der Waals surface area contributed by atoms with E-state index in [1.807, 2.05) is 24.4 Å². The minimum Gasteiger partial charge on any atom is -0.384 e. The lowest BCUT2D eigenvalue weighted by Crippen LogP contribution is -2.10. The highest BCUT2D eigenvalue weighted by atomic mass is 32.2. The molecule has 0 saturated heterocycles. The Balaban J connectivity index is 1.59. The predicted octanol–water partition coefficient (Wildman–Crippen LogP) is 2.27. The van der Waals surface area contributed by atoms with E-state index in [1.165, 1.54) is 6.26 Å². The van der Waals surface area contributed by atoms with E-state index < -0.39 is 9.84 Å². The van der Waals surface area contributed by atoms with E-state index >= 15 is 0 Å². The van der Waals surface area contributed by atoms with Gasteiger partial charge in [0, 0.05) is 36.0 Å². The van der Waals surface area contributed by atoms with Crippen molar-refractivity contribution in [1.29, 1.82) is 0 Å². The summed E-state index contributed by atoms with van der Waals surface area (Å²) in [4.78, 5) is 4.67. The molecular weight excluding hydrogens is 364 g/mol. The van der Waals surface area contributed by atoms with Crippen molar-refractivity contribution in [3.8, 4) is 0 Å². The number of rotatable bonds is 7. The summed E-state index contributed by atoms with van der Waals surface area (Å²) in [6, 6.07) is 8.05. The third-order valence-corrected chi connectivity index (χ3v) is 5.46. The van der Waals surface area contributed by atoms with Crippen molar-refractivity contribution in [2.24, 2.45) is 0 Å². The van der Waals surface area contributed by atoms with Gasteiger partial charge in [-0.2, -0.15) is 10.2 Å². The summed E-state index contributed by atoms with van der Waals surface area (Å²) >= 11 is 0. The average molecular weight is 384 g/mol. The van der Waals surface area contributed by atoms with E-state index in [9.17, 15) is 8.42 Å². The summed E-state index contributed by atoms with van der Waals surface area (Å²) < 4.78 is 22.6. The number of benzene rings is 1. The molecule has 3 N–H and O–H groups in total. The van der Waals surface area contributed by atoms with Crippen molar-refractivity contribution >= 4 is 37.5 Å². The van der Waals surface area contributed by atoms with Crippen molar-refractivity contribution in [1.82, 2.24) is 25.4 Å². The first kappa shape index (κ1) is 17.5. The van der Waals surface area contributed by atoms with Gasteiger partial charge in [-0.25, -0.2) is 13.4 Å². The van der Waals surface area contributed by atoms with E-state index in [0.717, 1.165) is 33.2 Å². The number of H-pyrrole nitrogens is 2. The number of fused-ring (bicyclic) bond motifs is 2. The molecule has 8 nitrogen and oxygen atoms in total. The maximum atomic E-state index is 11.3. The van der Waals surface area contributed by atoms with Crippen LogP contribution >= 0.6 is 0 Å². The molecule has 9 heteroatoms. The van der Waals surface area contributed by atoms with Gasteiger partial charge in [-0.1, -0.05) is 12.1 Å². The van der Waals surface area contributed by atoms with Gasteiger partial charge in [0.05, 0.1) is 29.0 Å². The lowest BCUT2D eigenvalue weighted by Gasteiger charge is -2.10. The second kappa shape index (κ2) is 6.99. The molecule has 0 unspecified atom stereocenters. The summed E-state index contributed by atoms with van der Waals surface area (Å²) in [5.74, 6) is 0.162. The predicted molar refractivity (Wildman–Crippen MR) is 106 cm³/mol. The first-order valence-electron chi connectivity index (χ1n) is 8.65. The van der Waals surface area contributed by atoms with Crippen LogP contribution in [0, 0.1) is 0 Å². The smallest absolute Gasteiger partial charge is 0.157 e. The molecule has 27 heavy (non-hydrogen) atoms. The topological polar surface area (TPSA) is 116 Å². The van der Waals surface area contributed by atoms with E-state index in [1.54, 1.807) is 6.20 Å². The second-order valence-corrected chi connectivity index (χ2v) is 8.89. The van der Waals surface area contributed by atoms with Gasteiger partial charge in [-0.3, -0.25) is 10.2 Å². The van der Waals surface area contributed by atoms with Crippen LogP contribution in [-0.4, -0.2) is 52.3 Å². The minimum atomic E-state index is -2.95. The molecule has 0 amide bonds. The third-order valence-electron chi connectivity index (χ3n) is 4.43. The van der Waals surface area contributed by atoms with Gasteiger partial charge in [0.2, 0.25) is 0 Å². The van der Waals surface area contributed by atoms with Gasteiger partial charge in [0.25, 0.3) is 0 Å². The number of nitrogens with one attached hydrogen (secondary N) is 3. The van der Waals surface area contributed by atoms with Crippen LogP contribution in [0.4, 0.5) is 5.69 Å². The zero-order valence-corrected chi connectivity index (χ0v) is 15.7. The molecule has 140 valence electrons. The SMILES string of the molecule is CS(=O)(=O)CCCNc1cc(Cc2cccc3[nH]ncc23)nc2[nH]ncc12. The highest BCUT2D eigenvalue weighted by Crippen LogP contribution is 2.25. The van der Waals surface area contributed by atoms with Crippen molar-refractivity contribution in [3.05, 3.63) is 47.9 Å². The zero-order chi connectivity index (χ0) is 18.9. The average Bonchev–Trinajstić information content (AvgIpc) is 3.27. The Labute approximate surface area is 156 Å². The number of nitrogens with zero attached hydrogens (tertiary/aromatic N) is 3. The van der Waals surface area contributed by atoms with Crippen LogP contribution in [0.5, 0.6) is 0 Å². The van der Waals surface area contributed by atoms with Crippen LogP contribution < -0.4 is 5.32 Å². The summed E-state index contributed by atoms with van der Waals surface area (Å²) in [5, 5.41) is 19.4. The second-order valence-electron chi connectivity index (χ2n) is 6.63. The molecule has 4 aromatic rings. The van der Waals surface area contributed by atoms with Gasteiger partial charge in [-0.05, 0) is 24.1 Å². The molecule has 0 aliphatic carbocycles. The monoisotopic (exact) mass is 384 g/mol. The van der Waals surface area contributed by atoms with Gasteiger partial charge in [-0.15, -0.1) is 0 Å². The molecule has 0 bridgehead atoms. The van der Waals surface area contributed by atoms with Crippen molar-refractivity contribution in [2.45, 2.75) is 12.8 Å². The highest BCUT2D eigenvalue weighted by molar-refractivity contribution is 7.90. The molecular formula is C18H20N6O2S. The molecule has 0 aliphatic rings. The Bertz CT molecular complexity index is 1190. The number of hydrogen-bond acceptors (Lipinski definition) is 6. The molecule has 0 fully saturated rings.